The van der Waals surface area contributed by atoms with Gasteiger partial charge in [-0.2, -0.15) is 0 Å². The van der Waals surface area contributed by atoms with Crippen LogP contribution >= 0.6 is 0 Å². The maximum absolute atomic E-state index is 5.91. The maximum atomic E-state index is 5.91. The summed E-state index contributed by atoms with van der Waals surface area (Å²) >= 11 is 0. The summed E-state index contributed by atoms with van der Waals surface area (Å²) in [5.41, 5.74) is 1.22. The van der Waals surface area contributed by atoms with Crippen LogP contribution in [0, 0.1) is 0 Å². The van der Waals surface area contributed by atoms with Crippen LogP contribution in [-0.4, -0.2) is 30.8 Å². The fraction of sp³-hybridized carbons (Fsp3) is 0.643. The van der Waals surface area contributed by atoms with Crippen LogP contribution in [0.1, 0.15) is 38.3 Å². The Kier molecular flexibility index (Phi) is 4.96. The normalized spacial score (nSPS) is 18.6. The van der Waals surface area contributed by atoms with Gasteiger partial charge in [0.25, 0.3) is 0 Å². The third kappa shape index (κ3) is 3.68. The summed E-state index contributed by atoms with van der Waals surface area (Å²) in [5.74, 6) is 0.726. The molecule has 1 fully saturated rings. The first-order valence-corrected chi connectivity index (χ1v) is 6.73. The van der Waals surface area contributed by atoms with Gasteiger partial charge in [-0.15, -0.1) is 0 Å². The molecule has 1 aromatic heterocycles. The van der Waals surface area contributed by atoms with E-state index in [4.69, 9.17) is 9.47 Å². The lowest BCUT2D eigenvalue weighted by molar-refractivity contribution is 0.0237. The van der Waals surface area contributed by atoms with Crippen molar-refractivity contribution in [2.75, 3.05) is 19.8 Å². The van der Waals surface area contributed by atoms with Crippen molar-refractivity contribution in [3.05, 3.63) is 23.9 Å². The van der Waals surface area contributed by atoms with E-state index in [0.29, 0.717) is 6.04 Å². The maximum Gasteiger partial charge on any atom is 0.213 e. The van der Waals surface area contributed by atoms with Crippen molar-refractivity contribution in [3.63, 3.8) is 0 Å². The van der Waals surface area contributed by atoms with Crippen LogP contribution in [0.2, 0.25) is 0 Å². The fourth-order valence-electron chi connectivity index (χ4n) is 2.15. The largest absolute Gasteiger partial charge is 0.474 e. The molecule has 4 nitrogen and oxygen atoms in total. The number of nitrogens with one attached hydrogen (secondary N) is 1. The van der Waals surface area contributed by atoms with Crippen molar-refractivity contribution in [1.29, 1.82) is 0 Å². The molecule has 0 amide bonds. The first-order valence-electron chi connectivity index (χ1n) is 6.73. The predicted molar refractivity (Wildman–Crippen MR) is 70.8 cm³/mol. The lowest BCUT2D eigenvalue weighted by atomic mass is 10.1. The van der Waals surface area contributed by atoms with E-state index in [0.717, 1.165) is 38.5 Å². The van der Waals surface area contributed by atoms with E-state index < -0.39 is 0 Å². The highest BCUT2D eigenvalue weighted by atomic mass is 16.5. The number of hydrogen-bond donors (Lipinski definition) is 1. The van der Waals surface area contributed by atoms with Gasteiger partial charge in [-0.25, -0.2) is 4.98 Å². The molecule has 2 heterocycles. The van der Waals surface area contributed by atoms with Gasteiger partial charge in [0.15, 0.2) is 0 Å². The predicted octanol–water partition coefficient (Wildman–Crippen LogP) is 2.31. The highest BCUT2D eigenvalue weighted by molar-refractivity contribution is 5.23. The van der Waals surface area contributed by atoms with Gasteiger partial charge < -0.3 is 14.8 Å². The molecule has 1 N–H and O–H groups in total. The van der Waals surface area contributed by atoms with Gasteiger partial charge in [-0.3, -0.25) is 0 Å². The summed E-state index contributed by atoms with van der Waals surface area (Å²) in [4.78, 5) is 4.29. The number of nitrogens with zero attached hydrogens (tertiary/aromatic N) is 1. The van der Waals surface area contributed by atoms with Gasteiger partial charge >= 0.3 is 0 Å². The smallest absolute Gasteiger partial charge is 0.213 e. The molecule has 1 saturated heterocycles. The molecule has 1 aromatic rings. The molecule has 1 atom stereocenters. The Hall–Kier alpha value is -1.13. The Morgan fingerprint density at radius 2 is 2.28 bits per heavy atom. The standard InChI is InChI=1S/C14H22N2O2/c1-3-15-11(2)12-4-7-16-14(10-12)18-13-5-8-17-9-6-13/h4,7,10-11,13,15H,3,5-6,8-9H2,1-2H3. The molecular formula is C14H22N2O2. The third-order valence-electron chi connectivity index (χ3n) is 3.22. The molecule has 4 heteroatoms. The Labute approximate surface area is 109 Å². The molecule has 2 rings (SSSR count). The van der Waals surface area contributed by atoms with Gasteiger partial charge in [-0.1, -0.05) is 6.92 Å². The molecule has 1 unspecified atom stereocenters. The summed E-state index contributed by atoms with van der Waals surface area (Å²) in [6, 6.07) is 4.39. The van der Waals surface area contributed by atoms with Gasteiger partial charge in [0.05, 0.1) is 13.2 Å². The summed E-state index contributed by atoms with van der Waals surface area (Å²) in [6.45, 7) is 6.80. The summed E-state index contributed by atoms with van der Waals surface area (Å²) < 4.78 is 11.2. The number of hydrogen-bond acceptors (Lipinski definition) is 4. The highest BCUT2D eigenvalue weighted by Crippen LogP contribution is 2.20. The Balaban J connectivity index is 1.97. The van der Waals surface area contributed by atoms with Gasteiger partial charge in [-0.05, 0) is 25.1 Å². The number of aromatic nitrogens is 1. The van der Waals surface area contributed by atoms with Crippen LogP contribution in [-0.2, 0) is 4.74 Å². The number of ether oxygens (including phenoxy) is 2. The van der Waals surface area contributed by atoms with Gasteiger partial charge in [0.1, 0.15) is 6.10 Å². The molecule has 100 valence electrons. The first-order chi connectivity index (χ1) is 8.79. The van der Waals surface area contributed by atoms with Crippen LogP contribution in [0.25, 0.3) is 0 Å². The van der Waals surface area contributed by atoms with Crippen molar-refractivity contribution >= 4 is 0 Å². The van der Waals surface area contributed by atoms with Crippen molar-refractivity contribution in [3.8, 4) is 5.88 Å². The number of pyridine rings is 1. The van der Waals surface area contributed by atoms with E-state index in [1.807, 2.05) is 18.3 Å². The van der Waals surface area contributed by atoms with E-state index in [1.54, 1.807) is 0 Å². The van der Waals surface area contributed by atoms with E-state index in [-0.39, 0.29) is 6.10 Å². The van der Waals surface area contributed by atoms with Crippen LogP contribution in [0.5, 0.6) is 5.88 Å². The van der Waals surface area contributed by atoms with Gasteiger partial charge in [0.2, 0.25) is 5.88 Å². The molecule has 1 aliphatic heterocycles. The highest BCUT2D eigenvalue weighted by Gasteiger charge is 2.16. The minimum Gasteiger partial charge on any atom is -0.474 e. The molecule has 0 aliphatic carbocycles. The molecule has 0 aromatic carbocycles. The van der Waals surface area contributed by atoms with Crippen molar-refractivity contribution in [1.82, 2.24) is 10.3 Å². The second kappa shape index (κ2) is 6.71. The van der Waals surface area contributed by atoms with Crippen LogP contribution in [0.3, 0.4) is 0 Å². The van der Waals surface area contributed by atoms with Crippen molar-refractivity contribution in [2.45, 2.75) is 38.8 Å². The van der Waals surface area contributed by atoms with Crippen LogP contribution in [0.4, 0.5) is 0 Å². The average Bonchev–Trinajstić information content (AvgIpc) is 2.40. The topological polar surface area (TPSA) is 43.4 Å². The Morgan fingerprint density at radius 1 is 1.50 bits per heavy atom. The quantitative estimate of drug-likeness (QED) is 0.871. The zero-order chi connectivity index (χ0) is 12.8. The molecule has 1 aliphatic rings. The monoisotopic (exact) mass is 250 g/mol. The minimum absolute atomic E-state index is 0.246. The fourth-order valence-corrected chi connectivity index (χ4v) is 2.15. The summed E-state index contributed by atoms with van der Waals surface area (Å²) in [6.07, 6.45) is 3.97. The molecule has 0 saturated carbocycles. The molecule has 0 radical (unpaired) electrons. The second-order valence-corrected chi connectivity index (χ2v) is 4.64. The Bertz CT molecular complexity index is 365. The number of rotatable bonds is 5. The lowest BCUT2D eigenvalue weighted by Crippen LogP contribution is -2.26. The van der Waals surface area contributed by atoms with E-state index in [1.165, 1.54) is 5.56 Å². The minimum atomic E-state index is 0.246. The van der Waals surface area contributed by atoms with E-state index >= 15 is 0 Å². The molecule has 0 bridgehead atoms. The van der Waals surface area contributed by atoms with E-state index in [2.05, 4.69) is 24.1 Å². The lowest BCUT2D eigenvalue weighted by Gasteiger charge is -2.23. The molecule has 0 spiro atoms. The third-order valence-corrected chi connectivity index (χ3v) is 3.22. The average molecular weight is 250 g/mol. The van der Waals surface area contributed by atoms with Crippen LogP contribution < -0.4 is 10.1 Å². The second-order valence-electron chi connectivity index (χ2n) is 4.64. The molecule has 18 heavy (non-hydrogen) atoms. The van der Waals surface area contributed by atoms with Crippen molar-refractivity contribution < 1.29 is 9.47 Å². The first kappa shape index (κ1) is 13.3. The van der Waals surface area contributed by atoms with Crippen molar-refractivity contribution in [2.24, 2.45) is 0 Å². The summed E-state index contributed by atoms with van der Waals surface area (Å²) in [7, 11) is 0. The molecular weight excluding hydrogens is 228 g/mol. The van der Waals surface area contributed by atoms with Crippen LogP contribution in [0.15, 0.2) is 18.3 Å². The van der Waals surface area contributed by atoms with Gasteiger partial charge in [0, 0.05) is 31.1 Å². The SMILES string of the molecule is CCNC(C)c1ccnc(OC2CCOCC2)c1. The van der Waals surface area contributed by atoms with E-state index in [9.17, 15) is 0 Å². The summed E-state index contributed by atoms with van der Waals surface area (Å²) in [5, 5.41) is 3.39. The zero-order valence-electron chi connectivity index (χ0n) is 11.2. The Morgan fingerprint density at radius 3 is 3.00 bits per heavy atom. The zero-order valence-corrected chi connectivity index (χ0v) is 11.2.